The highest BCUT2D eigenvalue weighted by Gasteiger charge is 2.33. The van der Waals surface area contributed by atoms with Crippen LogP contribution in [0, 0.1) is 0 Å². The van der Waals surface area contributed by atoms with E-state index >= 15 is 0 Å². The van der Waals surface area contributed by atoms with E-state index in [9.17, 15) is 4.79 Å². The van der Waals surface area contributed by atoms with Crippen LogP contribution in [0.25, 0.3) is 22.1 Å². The first-order valence-corrected chi connectivity index (χ1v) is 10.1. The van der Waals surface area contributed by atoms with Crippen LogP contribution >= 0.6 is 0 Å². The van der Waals surface area contributed by atoms with Crippen LogP contribution in [0.1, 0.15) is 30.3 Å². The van der Waals surface area contributed by atoms with E-state index in [0.717, 1.165) is 41.8 Å². The van der Waals surface area contributed by atoms with Gasteiger partial charge in [0.25, 0.3) is 5.56 Å². The van der Waals surface area contributed by atoms with E-state index in [0.29, 0.717) is 23.5 Å². The zero-order valence-corrected chi connectivity index (χ0v) is 17.0. The number of rotatable bonds is 5. The zero-order chi connectivity index (χ0) is 20.7. The molecule has 1 unspecified atom stereocenters. The van der Waals surface area contributed by atoms with Gasteiger partial charge in [-0.25, -0.2) is 4.98 Å². The quantitative estimate of drug-likeness (QED) is 0.533. The van der Waals surface area contributed by atoms with Crippen LogP contribution in [-0.2, 0) is 6.54 Å². The highest BCUT2D eigenvalue weighted by atomic mass is 16.5. The maximum absolute atomic E-state index is 12.6. The normalized spacial score (nSPS) is 18.9. The Morgan fingerprint density at radius 3 is 2.90 bits per heavy atom. The highest BCUT2D eigenvalue weighted by molar-refractivity contribution is 6.01. The fourth-order valence-corrected chi connectivity index (χ4v) is 4.55. The minimum atomic E-state index is -0.233. The van der Waals surface area contributed by atoms with Crippen LogP contribution in [0.5, 0.6) is 11.5 Å². The molecule has 0 radical (unpaired) electrons. The van der Waals surface area contributed by atoms with Crippen molar-refractivity contribution in [2.45, 2.75) is 25.4 Å². The molecular weight excluding hydrogens is 382 g/mol. The van der Waals surface area contributed by atoms with Gasteiger partial charge in [0.15, 0.2) is 5.82 Å². The Balaban J connectivity index is 1.50. The molecule has 1 saturated heterocycles. The molecule has 0 bridgehead atoms. The lowest BCUT2D eigenvalue weighted by Gasteiger charge is -2.23. The number of nitrogens with one attached hydrogen (secondary N) is 2. The molecule has 30 heavy (non-hydrogen) atoms. The van der Waals surface area contributed by atoms with Gasteiger partial charge in [-0.3, -0.25) is 4.79 Å². The third kappa shape index (κ3) is 3.11. The maximum atomic E-state index is 12.6. The summed E-state index contributed by atoms with van der Waals surface area (Å²) in [6, 6.07) is 13.9. The van der Waals surface area contributed by atoms with Gasteiger partial charge < -0.3 is 23.8 Å². The van der Waals surface area contributed by atoms with Gasteiger partial charge in [0.2, 0.25) is 5.58 Å². The molecule has 154 valence electrons. The predicted molar refractivity (Wildman–Crippen MR) is 113 cm³/mol. The third-order valence-electron chi connectivity index (χ3n) is 5.97. The van der Waals surface area contributed by atoms with Crippen LogP contribution in [0.4, 0.5) is 0 Å². The summed E-state index contributed by atoms with van der Waals surface area (Å²) in [7, 11) is 3.34. The molecule has 0 aliphatic carbocycles. The van der Waals surface area contributed by atoms with E-state index in [4.69, 9.17) is 18.9 Å². The molecule has 0 saturated carbocycles. The summed E-state index contributed by atoms with van der Waals surface area (Å²) in [4.78, 5) is 21.7. The molecule has 7 nitrogen and oxygen atoms in total. The van der Waals surface area contributed by atoms with Crippen molar-refractivity contribution in [2.24, 2.45) is 0 Å². The number of quaternary nitrogens is 1. The Morgan fingerprint density at radius 1 is 1.20 bits per heavy atom. The summed E-state index contributed by atoms with van der Waals surface area (Å²) in [6.07, 6.45) is 2.16. The minimum absolute atomic E-state index is 0.233. The number of fused-ring (bicyclic) bond motifs is 3. The molecule has 0 amide bonds. The lowest BCUT2D eigenvalue weighted by Crippen LogP contribution is -3.09. The summed E-state index contributed by atoms with van der Waals surface area (Å²) in [5, 5.41) is 0.865. The van der Waals surface area contributed by atoms with Crippen LogP contribution < -0.4 is 19.9 Å². The monoisotopic (exact) mass is 406 g/mol. The number of ether oxygens (including phenoxy) is 2. The molecule has 1 aliphatic rings. The second-order valence-corrected chi connectivity index (χ2v) is 7.68. The van der Waals surface area contributed by atoms with Crippen molar-refractivity contribution in [3.8, 4) is 11.5 Å². The van der Waals surface area contributed by atoms with Gasteiger partial charge in [0.05, 0.1) is 26.3 Å². The number of methoxy groups -OCH3 is 2. The van der Waals surface area contributed by atoms with E-state index in [2.05, 4.69) is 11.1 Å². The first-order valence-electron chi connectivity index (χ1n) is 10.1. The molecule has 2 atom stereocenters. The molecule has 2 N–H and O–H groups in total. The molecule has 2 aromatic heterocycles. The Bertz CT molecular complexity index is 1280. The average Bonchev–Trinajstić information content (AvgIpc) is 3.38. The van der Waals surface area contributed by atoms with Gasteiger partial charge in [0.1, 0.15) is 35.2 Å². The van der Waals surface area contributed by atoms with Crippen LogP contribution in [0.2, 0.25) is 0 Å². The zero-order valence-electron chi connectivity index (χ0n) is 17.0. The largest absolute Gasteiger partial charge is 0.497 e. The lowest BCUT2D eigenvalue weighted by atomic mass is 10.0. The molecular formula is C23H24N3O4+. The fourth-order valence-electron chi connectivity index (χ4n) is 4.55. The van der Waals surface area contributed by atoms with E-state index in [1.807, 2.05) is 36.4 Å². The Morgan fingerprint density at radius 2 is 2.07 bits per heavy atom. The Hall–Kier alpha value is -3.32. The predicted octanol–water partition coefficient (Wildman–Crippen LogP) is 2.61. The van der Waals surface area contributed by atoms with Crippen molar-refractivity contribution in [3.63, 3.8) is 0 Å². The highest BCUT2D eigenvalue weighted by Crippen LogP contribution is 2.32. The van der Waals surface area contributed by atoms with Crippen LogP contribution in [0.15, 0.2) is 51.7 Å². The first kappa shape index (κ1) is 18.7. The summed E-state index contributed by atoms with van der Waals surface area (Å²) >= 11 is 0. The van der Waals surface area contributed by atoms with Crippen molar-refractivity contribution in [1.29, 1.82) is 0 Å². The minimum Gasteiger partial charge on any atom is -0.497 e. The Labute approximate surface area is 173 Å². The van der Waals surface area contributed by atoms with Gasteiger partial charge in [-0.2, -0.15) is 0 Å². The number of hydrogen-bond acceptors (Lipinski definition) is 5. The Kier molecular flexibility index (Phi) is 4.67. The van der Waals surface area contributed by atoms with Gasteiger partial charge >= 0.3 is 0 Å². The molecule has 5 rings (SSSR count). The second kappa shape index (κ2) is 7.50. The van der Waals surface area contributed by atoms with Crippen LogP contribution in [-0.4, -0.2) is 30.7 Å². The van der Waals surface area contributed by atoms with E-state index in [1.54, 1.807) is 14.2 Å². The van der Waals surface area contributed by atoms with Gasteiger partial charge in [-0.15, -0.1) is 0 Å². The van der Waals surface area contributed by atoms with Crippen molar-refractivity contribution in [2.75, 3.05) is 20.8 Å². The number of benzene rings is 2. The number of H-pyrrole nitrogens is 1. The molecule has 1 fully saturated rings. The molecule has 0 spiro atoms. The van der Waals surface area contributed by atoms with Gasteiger partial charge in [-0.1, -0.05) is 12.1 Å². The van der Waals surface area contributed by atoms with E-state index in [1.165, 1.54) is 4.90 Å². The molecule has 3 heterocycles. The summed E-state index contributed by atoms with van der Waals surface area (Å²) in [5.41, 5.74) is 2.51. The van der Waals surface area contributed by atoms with Crippen LogP contribution in [0.3, 0.4) is 0 Å². The average molecular weight is 406 g/mol. The van der Waals surface area contributed by atoms with E-state index in [-0.39, 0.29) is 17.2 Å². The number of aromatic amines is 1. The fraction of sp³-hybridized carbons (Fsp3) is 0.304. The van der Waals surface area contributed by atoms with E-state index < -0.39 is 0 Å². The number of hydrogen-bond donors (Lipinski definition) is 2. The smallest absolute Gasteiger partial charge is 0.294 e. The van der Waals surface area contributed by atoms with Gasteiger partial charge in [-0.05, 0) is 24.3 Å². The van der Waals surface area contributed by atoms with Crippen molar-refractivity contribution in [1.82, 2.24) is 9.97 Å². The molecule has 7 heteroatoms. The first-order chi connectivity index (χ1) is 14.7. The number of nitrogens with zero attached hydrogens (tertiary/aromatic N) is 1. The maximum Gasteiger partial charge on any atom is 0.294 e. The van der Waals surface area contributed by atoms with Crippen molar-refractivity contribution < 1.29 is 18.8 Å². The number of aromatic nitrogens is 2. The lowest BCUT2D eigenvalue weighted by molar-refractivity contribution is -0.932. The second-order valence-electron chi connectivity index (χ2n) is 7.68. The SMILES string of the molecule is COc1ccc([C@@H]2CCC[NH+]2Cc2nc3c(oc4ccccc43)c(=O)[nH]2)c(OC)c1. The topological polar surface area (TPSA) is 81.8 Å². The van der Waals surface area contributed by atoms with Gasteiger partial charge in [0, 0.05) is 24.3 Å². The summed E-state index contributed by atoms with van der Waals surface area (Å²) in [5.74, 6) is 2.28. The van der Waals surface area contributed by atoms with Crippen molar-refractivity contribution >= 4 is 22.1 Å². The standard InChI is InChI=1S/C23H23N3O4/c1-28-14-9-10-15(19(12-14)29-2)17-7-5-11-26(17)13-20-24-21-16-6-3-4-8-18(16)30-22(21)23(27)25-20/h3-4,6,8-10,12,17H,5,7,11,13H2,1-2H3,(H,24,25,27)/p+1/t17-/m0/s1. The number of furan rings is 1. The third-order valence-corrected chi connectivity index (χ3v) is 5.97. The summed E-state index contributed by atoms with van der Waals surface area (Å²) in [6.45, 7) is 1.64. The van der Waals surface area contributed by atoms with Crippen molar-refractivity contribution in [3.05, 3.63) is 64.2 Å². The number of likely N-dealkylation sites (tertiary alicyclic amines) is 1. The molecule has 1 aliphatic heterocycles. The molecule has 4 aromatic rings. The molecule has 2 aromatic carbocycles. The summed E-state index contributed by atoms with van der Waals surface area (Å²) < 4.78 is 16.7. The number of para-hydroxylation sites is 1.